The molecule has 0 N–H and O–H groups in total. The number of nitrogens with zero attached hydrogens (tertiary/aromatic N) is 1. The summed E-state index contributed by atoms with van der Waals surface area (Å²) in [7, 11) is 1.59. The SMILES string of the molecule is C=C/C(=C\C=C(/C)C(C)OC(=O)N1CCCC1)OC. The van der Waals surface area contributed by atoms with Crippen LogP contribution >= 0.6 is 0 Å². The molecule has 0 aromatic rings. The first-order valence-electron chi connectivity index (χ1n) is 6.59. The minimum absolute atomic E-state index is 0.225. The monoisotopic (exact) mass is 265 g/mol. The van der Waals surface area contributed by atoms with Crippen molar-refractivity contribution >= 4 is 6.09 Å². The molecule has 1 heterocycles. The summed E-state index contributed by atoms with van der Waals surface area (Å²) in [5.74, 6) is 0.678. The van der Waals surface area contributed by atoms with E-state index in [1.165, 1.54) is 0 Å². The number of hydrogen-bond donors (Lipinski definition) is 0. The predicted octanol–water partition coefficient (Wildman–Crippen LogP) is 3.27. The predicted molar refractivity (Wildman–Crippen MR) is 75.8 cm³/mol. The lowest BCUT2D eigenvalue weighted by Gasteiger charge is -2.19. The lowest BCUT2D eigenvalue weighted by Crippen LogP contribution is -2.31. The Morgan fingerprint density at radius 3 is 2.47 bits per heavy atom. The van der Waals surface area contributed by atoms with E-state index in [2.05, 4.69) is 6.58 Å². The van der Waals surface area contributed by atoms with E-state index in [0.29, 0.717) is 5.76 Å². The van der Waals surface area contributed by atoms with Crippen LogP contribution in [0.2, 0.25) is 0 Å². The number of rotatable bonds is 5. The number of methoxy groups -OCH3 is 1. The largest absolute Gasteiger partial charge is 0.497 e. The molecule has 0 bridgehead atoms. The molecule has 1 saturated heterocycles. The van der Waals surface area contributed by atoms with Crippen LogP contribution < -0.4 is 0 Å². The number of likely N-dealkylation sites (tertiary alicyclic amines) is 1. The lowest BCUT2D eigenvalue weighted by molar-refractivity contribution is 0.0895. The van der Waals surface area contributed by atoms with Crippen LogP contribution in [0.15, 0.2) is 36.1 Å². The van der Waals surface area contributed by atoms with Crippen molar-refractivity contribution in [3.05, 3.63) is 36.1 Å². The smallest absolute Gasteiger partial charge is 0.410 e. The minimum atomic E-state index is -0.243. The first-order valence-corrected chi connectivity index (χ1v) is 6.59. The van der Waals surface area contributed by atoms with Gasteiger partial charge in [0.1, 0.15) is 11.9 Å². The Morgan fingerprint density at radius 1 is 1.32 bits per heavy atom. The Hall–Kier alpha value is -1.71. The van der Waals surface area contributed by atoms with Crippen LogP contribution in [0.4, 0.5) is 4.79 Å². The molecule has 1 rings (SSSR count). The average Bonchev–Trinajstić information content (AvgIpc) is 2.93. The van der Waals surface area contributed by atoms with Gasteiger partial charge in [0.2, 0.25) is 0 Å². The molecule has 1 unspecified atom stereocenters. The molecule has 106 valence electrons. The highest BCUT2D eigenvalue weighted by Gasteiger charge is 2.21. The van der Waals surface area contributed by atoms with Gasteiger partial charge in [-0.15, -0.1) is 0 Å². The van der Waals surface area contributed by atoms with Crippen molar-refractivity contribution in [1.29, 1.82) is 0 Å². The van der Waals surface area contributed by atoms with Crippen LogP contribution in [0, 0.1) is 0 Å². The summed E-state index contributed by atoms with van der Waals surface area (Å²) in [6, 6.07) is 0. The van der Waals surface area contributed by atoms with Crippen molar-refractivity contribution in [2.45, 2.75) is 32.8 Å². The number of hydrogen-bond acceptors (Lipinski definition) is 3. The molecular weight excluding hydrogens is 242 g/mol. The van der Waals surface area contributed by atoms with E-state index in [9.17, 15) is 4.79 Å². The molecular formula is C15H23NO3. The quantitative estimate of drug-likeness (QED) is 0.565. The number of carbonyl (C=O) groups is 1. The van der Waals surface area contributed by atoms with E-state index in [1.807, 2.05) is 26.0 Å². The first kappa shape index (κ1) is 15.3. The van der Waals surface area contributed by atoms with Crippen molar-refractivity contribution < 1.29 is 14.3 Å². The second-order valence-corrected chi connectivity index (χ2v) is 4.61. The fourth-order valence-electron chi connectivity index (χ4n) is 1.79. The Kier molecular flexibility index (Phi) is 6.19. The summed E-state index contributed by atoms with van der Waals surface area (Å²) in [5, 5.41) is 0. The van der Waals surface area contributed by atoms with Crippen molar-refractivity contribution in [2.24, 2.45) is 0 Å². The van der Waals surface area contributed by atoms with E-state index in [4.69, 9.17) is 9.47 Å². The molecule has 19 heavy (non-hydrogen) atoms. The van der Waals surface area contributed by atoms with Crippen molar-refractivity contribution in [3.8, 4) is 0 Å². The average molecular weight is 265 g/mol. The Morgan fingerprint density at radius 2 is 1.95 bits per heavy atom. The fourth-order valence-corrected chi connectivity index (χ4v) is 1.79. The third-order valence-corrected chi connectivity index (χ3v) is 3.23. The maximum absolute atomic E-state index is 11.8. The molecule has 1 fully saturated rings. The van der Waals surface area contributed by atoms with Gasteiger partial charge in [-0.1, -0.05) is 12.7 Å². The fraction of sp³-hybridized carbons (Fsp3) is 0.533. The van der Waals surface area contributed by atoms with Crippen LogP contribution in [0.25, 0.3) is 0 Å². The molecule has 0 radical (unpaired) electrons. The maximum Gasteiger partial charge on any atom is 0.410 e. The van der Waals surface area contributed by atoms with Gasteiger partial charge >= 0.3 is 6.09 Å². The van der Waals surface area contributed by atoms with E-state index in [0.717, 1.165) is 31.5 Å². The van der Waals surface area contributed by atoms with Gasteiger partial charge in [-0.05, 0) is 44.4 Å². The molecule has 0 aliphatic carbocycles. The van der Waals surface area contributed by atoms with Crippen LogP contribution in [0.3, 0.4) is 0 Å². The molecule has 0 spiro atoms. The lowest BCUT2D eigenvalue weighted by atomic mass is 10.2. The summed E-state index contributed by atoms with van der Waals surface area (Å²) in [4.78, 5) is 13.6. The van der Waals surface area contributed by atoms with Gasteiger partial charge in [-0.25, -0.2) is 4.79 Å². The third-order valence-electron chi connectivity index (χ3n) is 3.23. The van der Waals surface area contributed by atoms with Crippen LogP contribution in [-0.4, -0.2) is 37.3 Å². The van der Waals surface area contributed by atoms with E-state index in [-0.39, 0.29) is 12.2 Å². The summed E-state index contributed by atoms with van der Waals surface area (Å²) in [5.41, 5.74) is 0.962. The topological polar surface area (TPSA) is 38.8 Å². The van der Waals surface area contributed by atoms with Crippen molar-refractivity contribution in [3.63, 3.8) is 0 Å². The molecule has 4 nitrogen and oxygen atoms in total. The van der Waals surface area contributed by atoms with Crippen molar-refractivity contribution in [2.75, 3.05) is 20.2 Å². The second kappa shape index (κ2) is 7.67. The molecule has 1 aliphatic rings. The van der Waals surface area contributed by atoms with E-state index >= 15 is 0 Å². The zero-order valence-electron chi connectivity index (χ0n) is 12.0. The highest BCUT2D eigenvalue weighted by molar-refractivity contribution is 5.68. The standard InChI is InChI=1S/C15H23NO3/c1-5-14(18-4)9-8-12(2)13(3)19-15(17)16-10-6-7-11-16/h5,8-9,13H,1,6-7,10-11H2,2-4H3/b12-8+,14-9+. The van der Waals surface area contributed by atoms with E-state index < -0.39 is 0 Å². The highest BCUT2D eigenvalue weighted by Crippen LogP contribution is 2.13. The highest BCUT2D eigenvalue weighted by atomic mass is 16.6. The Labute approximate surface area is 115 Å². The molecule has 0 aromatic heterocycles. The molecule has 4 heteroatoms. The summed E-state index contributed by atoms with van der Waals surface area (Å²) in [6.45, 7) is 9.04. The van der Waals surface area contributed by atoms with Gasteiger partial charge in [-0.3, -0.25) is 0 Å². The zero-order chi connectivity index (χ0) is 14.3. The van der Waals surface area contributed by atoms with Gasteiger partial charge < -0.3 is 14.4 Å². The van der Waals surface area contributed by atoms with Crippen molar-refractivity contribution in [1.82, 2.24) is 4.90 Å². The molecule has 1 amide bonds. The maximum atomic E-state index is 11.8. The number of carbonyl (C=O) groups excluding carboxylic acids is 1. The molecule has 1 aliphatic heterocycles. The van der Waals surface area contributed by atoms with Gasteiger partial charge in [0.25, 0.3) is 0 Å². The van der Waals surface area contributed by atoms with Gasteiger partial charge in [-0.2, -0.15) is 0 Å². The summed E-state index contributed by atoms with van der Waals surface area (Å²) < 4.78 is 10.5. The second-order valence-electron chi connectivity index (χ2n) is 4.61. The van der Waals surface area contributed by atoms with Crippen LogP contribution in [0.1, 0.15) is 26.7 Å². The zero-order valence-corrected chi connectivity index (χ0v) is 12.0. The molecule has 1 atom stereocenters. The number of ether oxygens (including phenoxy) is 2. The molecule has 0 aromatic carbocycles. The van der Waals surface area contributed by atoms with E-state index in [1.54, 1.807) is 18.1 Å². The van der Waals surface area contributed by atoms with Crippen LogP contribution in [-0.2, 0) is 9.47 Å². The summed E-state index contributed by atoms with van der Waals surface area (Å²) >= 11 is 0. The number of amides is 1. The van der Waals surface area contributed by atoms with Crippen LogP contribution in [0.5, 0.6) is 0 Å². The Balaban J connectivity index is 2.53. The number of allylic oxidation sites excluding steroid dienone is 3. The summed E-state index contributed by atoms with van der Waals surface area (Å²) in [6.07, 6.45) is 6.98. The molecule has 0 saturated carbocycles. The minimum Gasteiger partial charge on any atom is -0.497 e. The normalized spacial score (nSPS) is 18.2. The van der Waals surface area contributed by atoms with Gasteiger partial charge in [0, 0.05) is 13.1 Å². The first-order chi connectivity index (χ1) is 9.08. The third kappa shape index (κ3) is 4.81. The Bertz CT molecular complexity index is 379. The van der Waals surface area contributed by atoms with Gasteiger partial charge in [0.05, 0.1) is 7.11 Å². The van der Waals surface area contributed by atoms with Gasteiger partial charge in [0.15, 0.2) is 0 Å².